The summed E-state index contributed by atoms with van der Waals surface area (Å²) in [6, 6.07) is 4.00. The zero-order valence-corrected chi connectivity index (χ0v) is 7.54. The van der Waals surface area contributed by atoms with Crippen molar-refractivity contribution in [1.29, 1.82) is 0 Å². The molecule has 0 aliphatic carbocycles. The van der Waals surface area contributed by atoms with Gasteiger partial charge in [0.05, 0.1) is 5.69 Å². The average Bonchev–Trinajstić information content (AvgIpc) is 2.05. The Morgan fingerprint density at radius 2 is 2.17 bits per heavy atom. The van der Waals surface area contributed by atoms with Crippen LogP contribution in [0.3, 0.4) is 0 Å². The summed E-state index contributed by atoms with van der Waals surface area (Å²) in [5.41, 5.74) is 3.34. The molecule has 0 bridgehead atoms. The van der Waals surface area contributed by atoms with E-state index in [2.05, 4.69) is 31.5 Å². The van der Waals surface area contributed by atoms with Crippen LogP contribution in [-0.4, -0.2) is 4.98 Å². The Bertz CT molecular complexity index is 289. The second-order valence-electron chi connectivity index (χ2n) is 2.94. The molecule has 0 spiro atoms. The summed E-state index contributed by atoms with van der Waals surface area (Å²) in [4.78, 5) is 4.19. The van der Waals surface area contributed by atoms with Crippen LogP contribution >= 0.6 is 0 Å². The van der Waals surface area contributed by atoms with E-state index in [1.54, 1.807) is 6.08 Å². The molecule has 0 saturated carbocycles. The van der Waals surface area contributed by atoms with Crippen molar-refractivity contribution in [3.8, 4) is 0 Å². The van der Waals surface area contributed by atoms with Crippen molar-refractivity contribution in [2.24, 2.45) is 0 Å². The molecule has 1 nitrogen and oxygen atoms in total. The lowest BCUT2D eigenvalue weighted by molar-refractivity contribution is 1.28. The van der Waals surface area contributed by atoms with E-state index in [-0.39, 0.29) is 0 Å². The molecular weight excluding hydrogens is 146 g/mol. The van der Waals surface area contributed by atoms with Crippen LogP contribution in [0.5, 0.6) is 0 Å². The van der Waals surface area contributed by atoms with E-state index in [1.165, 1.54) is 5.57 Å². The van der Waals surface area contributed by atoms with Gasteiger partial charge >= 0.3 is 0 Å². The Kier molecular flexibility index (Phi) is 2.81. The minimum Gasteiger partial charge on any atom is -0.256 e. The Balaban J connectivity index is 2.92. The van der Waals surface area contributed by atoms with Crippen LogP contribution < -0.4 is 0 Å². The van der Waals surface area contributed by atoms with Crippen molar-refractivity contribution in [2.45, 2.75) is 13.8 Å². The number of hydrogen-bond donors (Lipinski definition) is 0. The van der Waals surface area contributed by atoms with Crippen molar-refractivity contribution in [3.63, 3.8) is 0 Å². The Labute approximate surface area is 73.5 Å². The fourth-order valence-corrected chi connectivity index (χ4v) is 0.956. The van der Waals surface area contributed by atoms with E-state index >= 15 is 0 Å². The topological polar surface area (TPSA) is 12.9 Å². The molecule has 0 aromatic carbocycles. The third-order valence-corrected chi connectivity index (χ3v) is 1.47. The largest absolute Gasteiger partial charge is 0.256 e. The Morgan fingerprint density at radius 1 is 1.42 bits per heavy atom. The minimum absolute atomic E-state index is 0.918. The van der Waals surface area contributed by atoms with Gasteiger partial charge in [0, 0.05) is 6.20 Å². The first-order chi connectivity index (χ1) is 5.72. The van der Waals surface area contributed by atoms with E-state index < -0.39 is 0 Å². The molecule has 1 heteroatoms. The lowest BCUT2D eigenvalue weighted by Crippen LogP contribution is -1.80. The minimum atomic E-state index is 0.918. The first-order valence-corrected chi connectivity index (χ1v) is 3.96. The molecular formula is C11H13N. The maximum Gasteiger partial charge on any atom is 0.0624 e. The van der Waals surface area contributed by atoms with Gasteiger partial charge in [0.15, 0.2) is 0 Å². The van der Waals surface area contributed by atoms with Crippen LogP contribution in [-0.2, 0) is 0 Å². The molecule has 62 valence electrons. The van der Waals surface area contributed by atoms with Gasteiger partial charge in [-0.3, -0.25) is 4.98 Å². The van der Waals surface area contributed by atoms with Gasteiger partial charge in [-0.15, -0.1) is 0 Å². The second kappa shape index (κ2) is 3.86. The van der Waals surface area contributed by atoms with E-state index in [4.69, 9.17) is 0 Å². The number of allylic oxidation sites excluding steroid dienone is 1. The Morgan fingerprint density at radius 3 is 2.58 bits per heavy atom. The average molecular weight is 159 g/mol. The van der Waals surface area contributed by atoms with Gasteiger partial charge in [0.25, 0.3) is 0 Å². The van der Waals surface area contributed by atoms with Crippen LogP contribution in [0.2, 0.25) is 0 Å². The number of nitrogens with zero attached hydrogens (tertiary/aromatic N) is 1. The van der Waals surface area contributed by atoms with Gasteiger partial charge in [-0.2, -0.15) is 0 Å². The van der Waals surface area contributed by atoms with Crippen molar-refractivity contribution < 1.29 is 0 Å². The molecule has 0 aliphatic rings. The van der Waals surface area contributed by atoms with Gasteiger partial charge in [-0.1, -0.05) is 24.3 Å². The highest BCUT2D eigenvalue weighted by Crippen LogP contribution is 2.05. The quantitative estimate of drug-likeness (QED) is 0.646. The normalized spacial score (nSPS) is 9.17. The first kappa shape index (κ1) is 8.72. The maximum absolute atomic E-state index is 4.19. The summed E-state index contributed by atoms with van der Waals surface area (Å²) in [6.45, 7) is 7.79. The molecule has 1 rings (SSSR count). The van der Waals surface area contributed by atoms with Gasteiger partial charge in [-0.05, 0) is 31.6 Å². The molecule has 1 aromatic rings. The first-order valence-electron chi connectivity index (χ1n) is 3.96. The summed E-state index contributed by atoms with van der Waals surface area (Å²) >= 11 is 0. The van der Waals surface area contributed by atoms with Crippen LogP contribution in [0.4, 0.5) is 0 Å². The van der Waals surface area contributed by atoms with Crippen LogP contribution in [0.1, 0.15) is 25.1 Å². The predicted octanol–water partition coefficient (Wildman–Crippen LogP) is 3.15. The van der Waals surface area contributed by atoms with Gasteiger partial charge in [-0.25, -0.2) is 0 Å². The standard InChI is InChI=1S/C11H13N/c1-4-11-6-5-10(8-12-11)7-9(2)3/h4-8H,1H2,2-3H3. The molecule has 0 N–H and O–H groups in total. The fourth-order valence-electron chi connectivity index (χ4n) is 0.956. The third kappa shape index (κ3) is 2.35. The zero-order chi connectivity index (χ0) is 8.97. The summed E-state index contributed by atoms with van der Waals surface area (Å²) < 4.78 is 0. The smallest absolute Gasteiger partial charge is 0.0624 e. The lowest BCUT2D eigenvalue weighted by Gasteiger charge is -1.95. The second-order valence-corrected chi connectivity index (χ2v) is 2.94. The zero-order valence-electron chi connectivity index (χ0n) is 7.54. The maximum atomic E-state index is 4.19. The highest BCUT2D eigenvalue weighted by molar-refractivity contribution is 5.52. The molecule has 0 aliphatic heterocycles. The van der Waals surface area contributed by atoms with E-state index in [1.807, 2.05) is 18.3 Å². The molecule has 0 unspecified atom stereocenters. The molecule has 0 radical (unpaired) electrons. The molecule has 0 amide bonds. The highest BCUT2D eigenvalue weighted by atomic mass is 14.7. The highest BCUT2D eigenvalue weighted by Gasteiger charge is 1.88. The summed E-state index contributed by atoms with van der Waals surface area (Å²) in [7, 11) is 0. The van der Waals surface area contributed by atoms with E-state index in [0.29, 0.717) is 0 Å². The van der Waals surface area contributed by atoms with E-state index in [0.717, 1.165) is 11.3 Å². The SMILES string of the molecule is C=Cc1ccc(C=C(C)C)cn1. The van der Waals surface area contributed by atoms with Crippen molar-refractivity contribution in [3.05, 3.63) is 41.7 Å². The van der Waals surface area contributed by atoms with Crippen molar-refractivity contribution >= 4 is 12.2 Å². The van der Waals surface area contributed by atoms with E-state index in [9.17, 15) is 0 Å². The number of rotatable bonds is 2. The van der Waals surface area contributed by atoms with Gasteiger partial charge in [0.2, 0.25) is 0 Å². The summed E-state index contributed by atoms with van der Waals surface area (Å²) in [6.07, 6.45) is 5.69. The van der Waals surface area contributed by atoms with Crippen LogP contribution in [0.25, 0.3) is 12.2 Å². The van der Waals surface area contributed by atoms with Gasteiger partial charge in [0.1, 0.15) is 0 Å². The van der Waals surface area contributed by atoms with Crippen molar-refractivity contribution in [1.82, 2.24) is 4.98 Å². The molecule has 0 fully saturated rings. The summed E-state index contributed by atoms with van der Waals surface area (Å²) in [5, 5.41) is 0. The number of hydrogen-bond acceptors (Lipinski definition) is 1. The molecule has 0 atom stereocenters. The monoisotopic (exact) mass is 159 g/mol. The summed E-state index contributed by atoms with van der Waals surface area (Å²) in [5.74, 6) is 0. The van der Waals surface area contributed by atoms with Crippen LogP contribution in [0, 0.1) is 0 Å². The number of aromatic nitrogens is 1. The predicted molar refractivity (Wildman–Crippen MR) is 53.7 cm³/mol. The van der Waals surface area contributed by atoms with Crippen molar-refractivity contribution in [2.75, 3.05) is 0 Å². The molecule has 1 heterocycles. The molecule has 0 saturated heterocycles. The van der Waals surface area contributed by atoms with Gasteiger partial charge < -0.3 is 0 Å². The fraction of sp³-hybridized carbons (Fsp3) is 0.182. The Hall–Kier alpha value is -1.37. The lowest BCUT2D eigenvalue weighted by atomic mass is 10.2. The third-order valence-electron chi connectivity index (χ3n) is 1.47. The number of pyridine rings is 1. The molecule has 12 heavy (non-hydrogen) atoms. The van der Waals surface area contributed by atoms with Crippen LogP contribution in [0.15, 0.2) is 30.5 Å². The molecule has 1 aromatic heterocycles.